The standard InChI is InChI=1S/C19H25F2N5O.HI/c1-22-19(25-15-7-9-26(10-8-15)12-17(20)21)23-11-16-13-27-18(24-16)14-5-3-2-4-6-14;/h2-6,13,15,17H,7-12H2,1H3,(H2,22,23,25);1H. The Bertz CT molecular complexity index is 733. The third kappa shape index (κ3) is 6.69. The molecule has 6 nitrogen and oxygen atoms in total. The summed E-state index contributed by atoms with van der Waals surface area (Å²) in [6.07, 6.45) is 0.989. The van der Waals surface area contributed by atoms with E-state index in [9.17, 15) is 8.78 Å². The molecule has 3 rings (SSSR count). The van der Waals surface area contributed by atoms with Crippen LogP contribution in [0.4, 0.5) is 8.78 Å². The molecule has 1 aliphatic heterocycles. The number of nitrogens with one attached hydrogen (secondary N) is 2. The molecule has 154 valence electrons. The first-order chi connectivity index (χ1) is 13.1. The van der Waals surface area contributed by atoms with Crippen LogP contribution in [0.1, 0.15) is 18.5 Å². The second kappa shape index (κ2) is 11.3. The van der Waals surface area contributed by atoms with Crippen molar-refractivity contribution in [3.05, 3.63) is 42.3 Å². The third-order valence-corrected chi connectivity index (χ3v) is 4.56. The number of benzene rings is 1. The normalized spacial score (nSPS) is 16.1. The van der Waals surface area contributed by atoms with Crippen LogP contribution < -0.4 is 10.6 Å². The van der Waals surface area contributed by atoms with Gasteiger partial charge in [0.05, 0.1) is 18.8 Å². The van der Waals surface area contributed by atoms with Crippen LogP contribution in [-0.2, 0) is 6.54 Å². The smallest absolute Gasteiger partial charge is 0.251 e. The largest absolute Gasteiger partial charge is 0.444 e. The Hall–Kier alpha value is -1.75. The second-order valence-corrected chi connectivity index (χ2v) is 6.55. The Balaban J connectivity index is 0.00000280. The minimum Gasteiger partial charge on any atom is -0.444 e. The lowest BCUT2D eigenvalue weighted by molar-refractivity contribution is 0.0744. The number of oxazole rings is 1. The first-order valence-corrected chi connectivity index (χ1v) is 9.11. The maximum Gasteiger partial charge on any atom is 0.251 e. The van der Waals surface area contributed by atoms with Crippen molar-refractivity contribution in [2.24, 2.45) is 4.99 Å². The van der Waals surface area contributed by atoms with Crippen LogP contribution in [0.2, 0.25) is 0 Å². The molecule has 2 heterocycles. The number of halogens is 3. The van der Waals surface area contributed by atoms with E-state index in [-0.39, 0.29) is 36.6 Å². The molecule has 1 fully saturated rings. The average Bonchev–Trinajstić information content (AvgIpc) is 3.16. The number of hydrogen-bond donors (Lipinski definition) is 2. The lowest BCUT2D eigenvalue weighted by atomic mass is 10.1. The van der Waals surface area contributed by atoms with E-state index in [1.807, 2.05) is 30.3 Å². The number of hydrogen-bond acceptors (Lipinski definition) is 4. The molecule has 0 radical (unpaired) electrons. The zero-order chi connectivity index (χ0) is 19.1. The number of nitrogens with zero attached hydrogens (tertiary/aromatic N) is 3. The zero-order valence-corrected chi connectivity index (χ0v) is 18.1. The number of alkyl halides is 2. The molecule has 0 saturated carbocycles. The molecule has 1 aromatic carbocycles. The van der Waals surface area contributed by atoms with Crippen molar-refractivity contribution in [1.29, 1.82) is 0 Å². The summed E-state index contributed by atoms with van der Waals surface area (Å²) in [5.41, 5.74) is 1.71. The number of rotatable bonds is 6. The molecule has 0 aliphatic carbocycles. The summed E-state index contributed by atoms with van der Waals surface area (Å²) in [6.45, 7) is 1.68. The van der Waals surface area contributed by atoms with Crippen molar-refractivity contribution < 1.29 is 13.2 Å². The summed E-state index contributed by atoms with van der Waals surface area (Å²) in [6, 6.07) is 9.95. The second-order valence-electron chi connectivity index (χ2n) is 6.55. The van der Waals surface area contributed by atoms with Gasteiger partial charge in [0.25, 0.3) is 6.43 Å². The third-order valence-electron chi connectivity index (χ3n) is 4.56. The van der Waals surface area contributed by atoms with Gasteiger partial charge in [-0.15, -0.1) is 24.0 Å². The molecule has 1 aliphatic rings. The fraction of sp³-hybridized carbons (Fsp3) is 0.474. The number of aliphatic imine (C=N–C) groups is 1. The maximum absolute atomic E-state index is 12.5. The van der Waals surface area contributed by atoms with Gasteiger partial charge in [0.15, 0.2) is 5.96 Å². The van der Waals surface area contributed by atoms with Gasteiger partial charge in [-0.3, -0.25) is 9.89 Å². The molecule has 0 atom stereocenters. The Labute approximate surface area is 180 Å². The van der Waals surface area contributed by atoms with E-state index in [0.29, 0.717) is 31.5 Å². The van der Waals surface area contributed by atoms with Crippen molar-refractivity contribution in [1.82, 2.24) is 20.5 Å². The lowest BCUT2D eigenvalue weighted by Crippen LogP contribution is -2.49. The highest BCUT2D eigenvalue weighted by molar-refractivity contribution is 14.0. The van der Waals surface area contributed by atoms with Gasteiger partial charge in [0.1, 0.15) is 6.26 Å². The summed E-state index contributed by atoms with van der Waals surface area (Å²) in [4.78, 5) is 10.5. The minimum atomic E-state index is -2.27. The fourth-order valence-electron chi connectivity index (χ4n) is 3.12. The van der Waals surface area contributed by atoms with Gasteiger partial charge in [-0.25, -0.2) is 13.8 Å². The molecule has 28 heavy (non-hydrogen) atoms. The molecule has 0 unspecified atom stereocenters. The monoisotopic (exact) mass is 505 g/mol. The SMILES string of the molecule is CN=C(NCc1coc(-c2ccccc2)n1)NC1CCN(CC(F)F)CC1.I. The van der Waals surface area contributed by atoms with Gasteiger partial charge in [0.2, 0.25) is 5.89 Å². The molecule has 2 aromatic rings. The van der Waals surface area contributed by atoms with Crippen LogP contribution in [0.25, 0.3) is 11.5 Å². The first-order valence-electron chi connectivity index (χ1n) is 9.11. The topological polar surface area (TPSA) is 65.7 Å². The molecule has 1 saturated heterocycles. The highest BCUT2D eigenvalue weighted by atomic mass is 127. The van der Waals surface area contributed by atoms with Gasteiger partial charge < -0.3 is 15.1 Å². The van der Waals surface area contributed by atoms with Gasteiger partial charge >= 0.3 is 0 Å². The van der Waals surface area contributed by atoms with E-state index in [1.54, 1.807) is 18.2 Å². The molecular weight excluding hydrogens is 479 g/mol. The molecule has 0 spiro atoms. The predicted molar refractivity (Wildman–Crippen MR) is 116 cm³/mol. The quantitative estimate of drug-likeness (QED) is 0.358. The highest BCUT2D eigenvalue weighted by Gasteiger charge is 2.22. The van der Waals surface area contributed by atoms with E-state index in [0.717, 1.165) is 24.1 Å². The number of aromatic nitrogens is 1. The van der Waals surface area contributed by atoms with Crippen molar-refractivity contribution in [2.45, 2.75) is 31.9 Å². The summed E-state index contributed by atoms with van der Waals surface area (Å²) in [5, 5.41) is 6.58. The predicted octanol–water partition coefficient (Wildman–Crippen LogP) is 3.35. The van der Waals surface area contributed by atoms with Crippen LogP contribution >= 0.6 is 24.0 Å². The zero-order valence-electron chi connectivity index (χ0n) is 15.8. The van der Waals surface area contributed by atoms with Gasteiger partial charge in [-0.05, 0) is 25.0 Å². The lowest BCUT2D eigenvalue weighted by Gasteiger charge is -2.32. The fourth-order valence-corrected chi connectivity index (χ4v) is 3.12. The number of likely N-dealkylation sites (tertiary alicyclic amines) is 1. The summed E-state index contributed by atoms with van der Waals surface area (Å²) in [7, 11) is 1.71. The average molecular weight is 505 g/mol. The van der Waals surface area contributed by atoms with E-state index in [4.69, 9.17) is 4.42 Å². The van der Waals surface area contributed by atoms with Gasteiger partial charge in [-0.1, -0.05) is 18.2 Å². The summed E-state index contributed by atoms with van der Waals surface area (Å²) >= 11 is 0. The summed E-state index contributed by atoms with van der Waals surface area (Å²) < 4.78 is 30.4. The number of piperidine rings is 1. The van der Waals surface area contributed by atoms with Crippen molar-refractivity contribution >= 4 is 29.9 Å². The Morgan fingerprint density at radius 2 is 2.00 bits per heavy atom. The Morgan fingerprint density at radius 3 is 2.64 bits per heavy atom. The molecule has 0 bridgehead atoms. The number of guanidine groups is 1. The van der Waals surface area contributed by atoms with Crippen LogP contribution in [0.5, 0.6) is 0 Å². The Kier molecular flexibility index (Phi) is 9.10. The van der Waals surface area contributed by atoms with Crippen molar-refractivity contribution in [3.63, 3.8) is 0 Å². The highest BCUT2D eigenvalue weighted by Crippen LogP contribution is 2.17. The van der Waals surface area contributed by atoms with E-state index < -0.39 is 6.43 Å². The van der Waals surface area contributed by atoms with Crippen LogP contribution in [-0.4, -0.2) is 55.0 Å². The van der Waals surface area contributed by atoms with E-state index in [1.165, 1.54) is 0 Å². The molecule has 1 aromatic heterocycles. The van der Waals surface area contributed by atoms with Crippen molar-refractivity contribution in [3.8, 4) is 11.5 Å². The first kappa shape index (κ1) is 22.5. The summed E-state index contributed by atoms with van der Waals surface area (Å²) in [5.74, 6) is 1.26. The Morgan fingerprint density at radius 1 is 1.29 bits per heavy atom. The molecule has 0 amide bonds. The molecule has 2 N–H and O–H groups in total. The van der Waals surface area contributed by atoms with Crippen LogP contribution in [0.3, 0.4) is 0 Å². The van der Waals surface area contributed by atoms with E-state index >= 15 is 0 Å². The molecule has 9 heteroatoms. The molecular formula is C19H26F2IN5O. The minimum absolute atomic E-state index is 0. The maximum atomic E-state index is 12.5. The van der Waals surface area contributed by atoms with Crippen LogP contribution in [0, 0.1) is 0 Å². The van der Waals surface area contributed by atoms with Gasteiger partial charge in [0, 0.05) is 31.7 Å². The van der Waals surface area contributed by atoms with E-state index in [2.05, 4.69) is 20.6 Å². The van der Waals surface area contributed by atoms with Gasteiger partial charge in [-0.2, -0.15) is 0 Å². The van der Waals surface area contributed by atoms with Crippen molar-refractivity contribution in [2.75, 3.05) is 26.7 Å². The van der Waals surface area contributed by atoms with Crippen LogP contribution in [0.15, 0.2) is 46.0 Å².